The molecule has 0 bridgehead atoms. The zero-order valence-electron chi connectivity index (χ0n) is 16.7. The molecule has 3 rings (SSSR count). The third-order valence-electron chi connectivity index (χ3n) is 5.38. The molecule has 0 radical (unpaired) electrons. The summed E-state index contributed by atoms with van der Waals surface area (Å²) in [7, 11) is -8.40. The van der Waals surface area contributed by atoms with Gasteiger partial charge in [0, 0.05) is 0 Å². The topological polar surface area (TPSA) is 88.4 Å². The summed E-state index contributed by atoms with van der Waals surface area (Å²) in [6, 6.07) is 11.4. The van der Waals surface area contributed by atoms with Crippen LogP contribution < -0.4 is 0 Å². The number of nitrogens with zero attached hydrogens (tertiary/aromatic N) is 1. The van der Waals surface area contributed by atoms with Crippen LogP contribution in [0.5, 0.6) is 0 Å². The third-order valence-corrected chi connectivity index (χ3v) is 9.75. The molecule has 2 aromatic carbocycles. The van der Waals surface area contributed by atoms with E-state index in [1.807, 2.05) is 20.8 Å². The number of aldehydes is 1. The number of sulfone groups is 1. The molecule has 3 atom stereocenters. The van der Waals surface area contributed by atoms with Gasteiger partial charge in [-0.15, -0.1) is 0 Å². The number of benzene rings is 2. The summed E-state index contributed by atoms with van der Waals surface area (Å²) in [5.41, 5.74) is 1.75. The minimum Gasteiger partial charge on any atom is -0.300 e. The first-order valence-corrected chi connectivity index (χ1v) is 12.4. The van der Waals surface area contributed by atoms with Crippen molar-refractivity contribution in [3.63, 3.8) is 0 Å². The van der Waals surface area contributed by atoms with Gasteiger partial charge in [-0.2, -0.15) is 4.31 Å². The van der Waals surface area contributed by atoms with Crippen LogP contribution in [0.3, 0.4) is 0 Å². The van der Waals surface area contributed by atoms with Crippen LogP contribution in [0.25, 0.3) is 0 Å². The Bertz CT molecular complexity index is 1110. The molecule has 0 aliphatic carbocycles. The van der Waals surface area contributed by atoms with Crippen LogP contribution in [0.2, 0.25) is 0 Å². The molecule has 1 saturated heterocycles. The number of carbonyl (C=O) groups excluding carboxylic acids is 1. The minimum atomic E-state index is -4.24. The van der Waals surface area contributed by atoms with E-state index >= 15 is 0 Å². The van der Waals surface area contributed by atoms with Crippen molar-refractivity contribution >= 4 is 26.1 Å². The summed E-state index contributed by atoms with van der Waals surface area (Å²) in [5, 5.41) is 0. The van der Waals surface area contributed by atoms with Crippen LogP contribution in [-0.4, -0.2) is 38.3 Å². The maximum atomic E-state index is 13.4. The SMILES string of the molecule is CCCC[C@@H]1N(S(=O)(=O)c2ccc(C)cc2)[C@]1(C=O)S(=O)(=O)c1ccc(C)cc1. The summed E-state index contributed by atoms with van der Waals surface area (Å²) in [4.78, 5) is 10.0. The molecular weight excluding hydrogens is 410 g/mol. The maximum Gasteiger partial charge on any atom is 0.245 e. The number of aryl methyl sites for hydroxylation is 2. The van der Waals surface area contributed by atoms with Gasteiger partial charge in [-0.3, -0.25) is 4.79 Å². The maximum absolute atomic E-state index is 13.4. The number of unbranched alkanes of at least 4 members (excludes halogenated alkanes) is 1. The fourth-order valence-corrected chi connectivity index (χ4v) is 7.97. The van der Waals surface area contributed by atoms with Crippen LogP contribution in [0.1, 0.15) is 37.3 Å². The van der Waals surface area contributed by atoms with Gasteiger partial charge in [0.05, 0.1) is 15.8 Å². The predicted octanol–water partition coefficient (Wildman–Crippen LogP) is 3.24. The highest BCUT2D eigenvalue weighted by molar-refractivity contribution is 7.96. The lowest BCUT2D eigenvalue weighted by atomic mass is 10.2. The van der Waals surface area contributed by atoms with Crippen LogP contribution in [-0.2, 0) is 24.7 Å². The van der Waals surface area contributed by atoms with Crippen LogP contribution in [0.15, 0.2) is 58.3 Å². The lowest BCUT2D eigenvalue weighted by molar-refractivity contribution is -0.108. The molecule has 6 nitrogen and oxygen atoms in total. The molecule has 8 heteroatoms. The lowest BCUT2D eigenvalue weighted by Gasteiger charge is -2.13. The monoisotopic (exact) mass is 435 g/mol. The second kappa shape index (κ2) is 7.66. The molecule has 1 aliphatic heterocycles. The van der Waals surface area contributed by atoms with E-state index in [2.05, 4.69) is 0 Å². The van der Waals surface area contributed by atoms with E-state index < -0.39 is 30.8 Å². The number of hydrogen-bond acceptors (Lipinski definition) is 5. The van der Waals surface area contributed by atoms with Crippen molar-refractivity contribution in [2.75, 3.05) is 0 Å². The van der Waals surface area contributed by atoms with Crippen molar-refractivity contribution in [1.82, 2.24) is 4.31 Å². The Labute approximate surface area is 172 Å². The first-order chi connectivity index (χ1) is 13.6. The molecule has 1 unspecified atom stereocenters. The fraction of sp³-hybridized carbons (Fsp3) is 0.381. The van der Waals surface area contributed by atoms with Crippen molar-refractivity contribution in [3.8, 4) is 0 Å². The Hall–Kier alpha value is -2.03. The van der Waals surface area contributed by atoms with E-state index in [0.29, 0.717) is 12.8 Å². The smallest absolute Gasteiger partial charge is 0.245 e. The first-order valence-electron chi connectivity index (χ1n) is 9.51. The van der Waals surface area contributed by atoms with Crippen LogP contribution >= 0.6 is 0 Å². The van der Waals surface area contributed by atoms with E-state index in [1.165, 1.54) is 24.3 Å². The Kier molecular flexibility index (Phi) is 5.73. The average molecular weight is 436 g/mol. The fourth-order valence-electron chi connectivity index (χ4n) is 3.62. The standard InChI is InChI=1S/C21H25NO5S2/c1-4-5-6-20-21(15-23,28(24,25)18-11-7-16(2)8-12-18)22(20)29(26,27)19-13-9-17(3)10-14-19/h7-15,20H,4-6H2,1-3H3/t20-,21+,22?/m0/s1. The Balaban J connectivity index is 2.13. The van der Waals surface area contributed by atoms with E-state index in [0.717, 1.165) is 21.9 Å². The minimum absolute atomic E-state index is 0.0209. The summed E-state index contributed by atoms with van der Waals surface area (Å²) in [5.74, 6) is 0. The van der Waals surface area contributed by atoms with E-state index in [4.69, 9.17) is 0 Å². The largest absolute Gasteiger partial charge is 0.300 e. The lowest BCUT2D eigenvalue weighted by Crippen LogP contribution is -2.34. The van der Waals surface area contributed by atoms with Crippen molar-refractivity contribution in [2.45, 2.75) is 60.7 Å². The van der Waals surface area contributed by atoms with Crippen LogP contribution in [0.4, 0.5) is 0 Å². The Morgan fingerprint density at radius 1 is 0.897 bits per heavy atom. The first kappa shape index (κ1) is 21.7. The normalized spacial score (nSPS) is 24.2. The van der Waals surface area contributed by atoms with Gasteiger partial charge in [0.15, 0.2) is 6.29 Å². The highest BCUT2D eigenvalue weighted by atomic mass is 32.2. The quantitative estimate of drug-likeness (QED) is 0.469. The van der Waals surface area contributed by atoms with Crippen molar-refractivity contribution in [2.24, 2.45) is 0 Å². The average Bonchev–Trinajstić information content (AvgIpc) is 3.37. The summed E-state index contributed by atoms with van der Waals surface area (Å²) < 4.78 is 54.3. The van der Waals surface area contributed by atoms with Gasteiger partial charge in [0.1, 0.15) is 0 Å². The molecule has 0 amide bonds. The molecule has 29 heavy (non-hydrogen) atoms. The summed E-state index contributed by atoms with van der Waals surface area (Å²) >= 11 is 0. The molecule has 156 valence electrons. The zero-order valence-corrected chi connectivity index (χ0v) is 18.3. The van der Waals surface area contributed by atoms with Crippen LogP contribution in [0, 0.1) is 13.8 Å². The second-order valence-electron chi connectivity index (χ2n) is 7.46. The van der Waals surface area contributed by atoms with E-state index in [1.54, 1.807) is 24.3 Å². The van der Waals surface area contributed by atoms with E-state index in [9.17, 15) is 21.6 Å². The number of carbonyl (C=O) groups is 1. The van der Waals surface area contributed by atoms with Gasteiger partial charge in [0.25, 0.3) is 0 Å². The zero-order chi connectivity index (χ0) is 21.4. The van der Waals surface area contributed by atoms with Gasteiger partial charge in [-0.1, -0.05) is 55.2 Å². The molecule has 0 aromatic heterocycles. The highest BCUT2D eigenvalue weighted by Gasteiger charge is 2.76. The van der Waals surface area contributed by atoms with Crippen molar-refractivity contribution in [3.05, 3.63) is 59.7 Å². The molecular formula is C21H25NO5S2. The number of sulfonamides is 1. The molecule has 2 aromatic rings. The van der Waals surface area contributed by atoms with E-state index in [-0.39, 0.29) is 16.1 Å². The molecule has 1 fully saturated rings. The molecule has 0 N–H and O–H groups in total. The number of rotatable bonds is 8. The van der Waals surface area contributed by atoms with Gasteiger partial charge in [-0.25, -0.2) is 16.8 Å². The van der Waals surface area contributed by atoms with Crippen molar-refractivity contribution < 1.29 is 21.6 Å². The molecule has 0 saturated carbocycles. The molecule has 1 aliphatic rings. The van der Waals surface area contributed by atoms with Gasteiger partial charge in [-0.05, 0) is 44.5 Å². The van der Waals surface area contributed by atoms with Gasteiger partial charge < -0.3 is 0 Å². The summed E-state index contributed by atoms with van der Waals surface area (Å²) in [6.45, 7) is 5.58. The predicted molar refractivity (Wildman–Crippen MR) is 111 cm³/mol. The summed E-state index contributed by atoms with van der Waals surface area (Å²) in [6.07, 6.45) is 1.96. The Morgan fingerprint density at radius 3 is 1.83 bits per heavy atom. The van der Waals surface area contributed by atoms with Crippen molar-refractivity contribution in [1.29, 1.82) is 0 Å². The number of hydrogen-bond donors (Lipinski definition) is 0. The molecule has 1 heterocycles. The van der Waals surface area contributed by atoms with Gasteiger partial charge >= 0.3 is 0 Å². The second-order valence-corrected chi connectivity index (χ2v) is 11.4. The molecule has 0 spiro atoms. The van der Waals surface area contributed by atoms with Gasteiger partial charge in [0.2, 0.25) is 24.7 Å². The Morgan fingerprint density at radius 2 is 1.38 bits per heavy atom. The highest BCUT2D eigenvalue weighted by Crippen LogP contribution is 2.52. The third kappa shape index (κ3) is 3.43.